The van der Waals surface area contributed by atoms with Crippen molar-refractivity contribution in [1.82, 2.24) is 4.90 Å². The van der Waals surface area contributed by atoms with Crippen molar-refractivity contribution >= 4 is 5.91 Å². The summed E-state index contributed by atoms with van der Waals surface area (Å²) in [5, 5.41) is 9.29. The molecule has 1 saturated heterocycles. The van der Waals surface area contributed by atoms with E-state index in [0.29, 0.717) is 19.6 Å². The minimum absolute atomic E-state index is 0.0245. The fourth-order valence-electron chi connectivity index (χ4n) is 2.52. The molecule has 20 heavy (non-hydrogen) atoms. The molecule has 4 heteroatoms. The van der Waals surface area contributed by atoms with Crippen LogP contribution >= 0.6 is 0 Å². The van der Waals surface area contributed by atoms with E-state index < -0.39 is 11.1 Å². The van der Waals surface area contributed by atoms with Crippen molar-refractivity contribution in [3.8, 4) is 0 Å². The number of nitrogens with zero attached hydrogens (tertiary/aromatic N) is 1. The maximum atomic E-state index is 12.7. The third-order valence-electron chi connectivity index (χ3n) is 3.99. The van der Waals surface area contributed by atoms with Crippen molar-refractivity contribution in [2.24, 2.45) is 0 Å². The summed E-state index contributed by atoms with van der Waals surface area (Å²) in [6.07, 6.45) is 0.516. The molecule has 1 aromatic carbocycles. The van der Waals surface area contributed by atoms with Gasteiger partial charge in [-0.25, -0.2) is 0 Å². The van der Waals surface area contributed by atoms with Crippen LogP contribution in [0.4, 0.5) is 0 Å². The number of hydrogen-bond donors (Lipinski definition) is 1. The first-order chi connectivity index (χ1) is 9.39. The number of hydrogen-bond acceptors (Lipinski definition) is 3. The summed E-state index contributed by atoms with van der Waals surface area (Å²) in [4.78, 5) is 14.5. The number of amides is 1. The highest BCUT2D eigenvalue weighted by atomic mass is 16.5. The lowest BCUT2D eigenvalue weighted by molar-refractivity contribution is -0.188. The normalized spacial score (nSPS) is 25.8. The predicted molar refractivity (Wildman–Crippen MR) is 77.1 cm³/mol. The monoisotopic (exact) mass is 277 g/mol. The highest BCUT2D eigenvalue weighted by Gasteiger charge is 2.47. The van der Waals surface area contributed by atoms with E-state index in [1.165, 1.54) is 0 Å². The van der Waals surface area contributed by atoms with Crippen molar-refractivity contribution in [2.45, 2.75) is 44.9 Å². The van der Waals surface area contributed by atoms with E-state index in [9.17, 15) is 9.90 Å². The van der Waals surface area contributed by atoms with Crippen molar-refractivity contribution in [1.29, 1.82) is 0 Å². The van der Waals surface area contributed by atoms with Gasteiger partial charge in [0, 0.05) is 13.2 Å². The van der Waals surface area contributed by atoms with E-state index in [2.05, 4.69) is 0 Å². The minimum Gasteiger partial charge on any atom is -0.396 e. The molecule has 0 aromatic heterocycles. The summed E-state index contributed by atoms with van der Waals surface area (Å²) in [5.74, 6) is -0.0245. The number of aliphatic hydroxyl groups excluding tert-OH is 1. The number of carbonyl (C=O) groups excluding carboxylic acids is 1. The molecule has 1 amide bonds. The molecule has 110 valence electrons. The van der Waals surface area contributed by atoms with Gasteiger partial charge in [-0.3, -0.25) is 4.79 Å². The van der Waals surface area contributed by atoms with Gasteiger partial charge in [0.15, 0.2) is 0 Å². The standard InChI is InChI=1S/C16H23NO3/c1-15(2)14(19)17(11-13-7-5-4-6-8-13)16(3,9-10-18)12-20-15/h4-8,18H,9-12H2,1-3H3. The van der Waals surface area contributed by atoms with Crippen LogP contribution < -0.4 is 0 Å². The molecular weight excluding hydrogens is 254 g/mol. The van der Waals surface area contributed by atoms with Gasteiger partial charge in [-0.1, -0.05) is 30.3 Å². The Kier molecular flexibility index (Phi) is 4.16. The lowest BCUT2D eigenvalue weighted by Crippen LogP contribution is -2.64. The van der Waals surface area contributed by atoms with Crippen molar-refractivity contribution in [3.63, 3.8) is 0 Å². The molecule has 4 nitrogen and oxygen atoms in total. The zero-order valence-electron chi connectivity index (χ0n) is 12.4. The van der Waals surface area contributed by atoms with E-state index >= 15 is 0 Å². The third-order valence-corrected chi connectivity index (χ3v) is 3.99. The van der Waals surface area contributed by atoms with Crippen LogP contribution in [0, 0.1) is 0 Å². The maximum Gasteiger partial charge on any atom is 0.255 e. The average Bonchev–Trinajstić information content (AvgIpc) is 2.42. The molecule has 1 aromatic rings. The van der Waals surface area contributed by atoms with Crippen LogP contribution in [0.3, 0.4) is 0 Å². The Morgan fingerprint density at radius 1 is 1.25 bits per heavy atom. The van der Waals surface area contributed by atoms with E-state index in [1.54, 1.807) is 13.8 Å². The van der Waals surface area contributed by atoms with Crippen LogP contribution in [-0.4, -0.2) is 40.3 Å². The van der Waals surface area contributed by atoms with E-state index in [4.69, 9.17) is 4.74 Å². The van der Waals surface area contributed by atoms with Crippen LogP contribution in [0.15, 0.2) is 30.3 Å². The van der Waals surface area contributed by atoms with Crippen molar-refractivity contribution in [2.75, 3.05) is 13.2 Å². The molecule has 1 unspecified atom stereocenters. The molecule has 0 radical (unpaired) electrons. The topological polar surface area (TPSA) is 49.8 Å². The van der Waals surface area contributed by atoms with Gasteiger partial charge in [0.25, 0.3) is 5.91 Å². The second-order valence-corrected chi connectivity index (χ2v) is 6.15. The maximum absolute atomic E-state index is 12.7. The van der Waals surface area contributed by atoms with E-state index in [0.717, 1.165) is 5.56 Å². The largest absolute Gasteiger partial charge is 0.396 e. The number of morpholine rings is 1. The summed E-state index contributed by atoms with van der Waals surface area (Å²) >= 11 is 0. The fraction of sp³-hybridized carbons (Fsp3) is 0.562. The van der Waals surface area contributed by atoms with E-state index in [1.807, 2.05) is 42.2 Å². The van der Waals surface area contributed by atoms with Crippen LogP contribution in [0.25, 0.3) is 0 Å². The summed E-state index contributed by atoms with van der Waals surface area (Å²) in [6.45, 7) is 6.60. The second kappa shape index (κ2) is 5.54. The molecular formula is C16H23NO3. The van der Waals surface area contributed by atoms with Crippen LogP contribution in [0.1, 0.15) is 32.8 Å². The predicted octanol–water partition coefficient (Wildman–Crippen LogP) is 1.97. The number of rotatable bonds is 4. The van der Waals surface area contributed by atoms with E-state index in [-0.39, 0.29) is 12.5 Å². The van der Waals surface area contributed by atoms with Gasteiger partial charge in [0.1, 0.15) is 5.60 Å². The third kappa shape index (κ3) is 2.86. The summed E-state index contributed by atoms with van der Waals surface area (Å²) in [7, 11) is 0. The Hall–Kier alpha value is -1.39. The lowest BCUT2D eigenvalue weighted by Gasteiger charge is -2.49. The average molecular weight is 277 g/mol. The smallest absolute Gasteiger partial charge is 0.255 e. The highest BCUT2D eigenvalue weighted by molar-refractivity contribution is 5.85. The molecule has 1 atom stereocenters. The summed E-state index contributed by atoms with van der Waals surface area (Å²) in [6, 6.07) is 9.91. The number of carbonyl (C=O) groups is 1. The highest BCUT2D eigenvalue weighted by Crippen LogP contribution is 2.32. The van der Waals surface area contributed by atoms with Gasteiger partial charge >= 0.3 is 0 Å². The zero-order valence-corrected chi connectivity index (χ0v) is 12.4. The van der Waals surface area contributed by atoms with Crippen LogP contribution in [-0.2, 0) is 16.1 Å². The zero-order chi connectivity index (χ0) is 14.8. The molecule has 0 bridgehead atoms. The van der Waals surface area contributed by atoms with Gasteiger partial charge in [-0.05, 0) is 32.8 Å². The molecule has 1 heterocycles. The Balaban J connectivity index is 2.28. The molecule has 0 spiro atoms. The van der Waals surface area contributed by atoms with Gasteiger partial charge in [0.2, 0.25) is 0 Å². The molecule has 1 aliphatic heterocycles. The quantitative estimate of drug-likeness (QED) is 0.915. The molecule has 1 aliphatic rings. The Morgan fingerprint density at radius 3 is 2.50 bits per heavy atom. The minimum atomic E-state index is -0.802. The van der Waals surface area contributed by atoms with Crippen molar-refractivity contribution < 1.29 is 14.6 Å². The lowest BCUT2D eigenvalue weighted by atomic mass is 9.90. The molecule has 1 N–H and O–H groups in total. The Morgan fingerprint density at radius 2 is 1.90 bits per heavy atom. The Labute approximate surface area is 120 Å². The SMILES string of the molecule is CC1(C)OCC(C)(CCO)N(Cc2ccccc2)C1=O. The first-order valence-corrected chi connectivity index (χ1v) is 7.00. The first-order valence-electron chi connectivity index (χ1n) is 7.00. The van der Waals surface area contributed by atoms with Crippen molar-refractivity contribution in [3.05, 3.63) is 35.9 Å². The molecule has 2 rings (SSSR count). The second-order valence-electron chi connectivity index (χ2n) is 6.15. The first kappa shape index (κ1) is 15.0. The molecule has 1 fully saturated rings. The fourth-order valence-corrected chi connectivity index (χ4v) is 2.52. The van der Waals surface area contributed by atoms with Gasteiger partial charge in [-0.2, -0.15) is 0 Å². The van der Waals surface area contributed by atoms with Gasteiger partial charge in [-0.15, -0.1) is 0 Å². The van der Waals surface area contributed by atoms with Crippen LogP contribution in [0.5, 0.6) is 0 Å². The van der Waals surface area contributed by atoms with Crippen LogP contribution in [0.2, 0.25) is 0 Å². The molecule has 0 aliphatic carbocycles. The van der Waals surface area contributed by atoms with Gasteiger partial charge in [0.05, 0.1) is 12.1 Å². The number of ether oxygens (including phenoxy) is 1. The van der Waals surface area contributed by atoms with Gasteiger partial charge < -0.3 is 14.7 Å². The summed E-state index contributed by atoms with van der Waals surface area (Å²) < 4.78 is 5.71. The summed E-state index contributed by atoms with van der Waals surface area (Å²) in [5.41, 5.74) is -0.177. The Bertz CT molecular complexity index is 472. The number of benzene rings is 1. The molecule has 0 saturated carbocycles. The number of aliphatic hydroxyl groups is 1.